The van der Waals surface area contributed by atoms with E-state index in [2.05, 4.69) is 6.92 Å². The average Bonchev–Trinajstić information content (AvgIpc) is 3.32. The maximum absolute atomic E-state index is 13.5. The maximum atomic E-state index is 13.5. The van der Waals surface area contributed by atoms with Gasteiger partial charge in [-0.2, -0.15) is 0 Å². The number of Topliss-reactive ketones (excluding diaryl/α,β-unsaturated/α-hetero) is 1. The summed E-state index contributed by atoms with van der Waals surface area (Å²) in [5.41, 5.74) is 0. The van der Waals surface area contributed by atoms with E-state index < -0.39 is 154 Å². The van der Waals surface area contributed by atoms with E-state index in [1.54, 1.807) is 13.8 Å². The van der Waals surface area contributed by atoms with Crippen LogP contribution in [-0.4, -0.2) is 206 Å². The molecule has 0 unspecified atom stereocenters. The lowest BCUT2D eigenvalue weighted by atomic mass is 9.95. The lowest BCUT2D eigenvalue weighted by molar-refractivity contribution is -0.397. The van der Waals surface area contributed by atoms with E-state index in [0.29, 0.717) is 25.7 Å². The first-order valence-electron chi connectivity index (χ1n) is 25.9. The minimum atomic E-state index is -1.93. The molecule has 22 heteroatoms. The summed E-state index contributed by atoms with van der Waals surface area (Å²) in [5, 5.41) is 97.7. The molecular formula is C49H86O22. The second-order valence-electron chi connectivity index (χ2n) is 19.6. The number of carbonyl (C=O) groups excluding carboxylic acids is 3. The van der Waals surface area contributed by atoms with Crippen molar-refractivity contribution in [3.05, 3.63) is 0 Å². The van der Waals surface area contributed by atoms with Gasteiger partial charge < -0.3 is 98.1 Å². The molecule has 0 aromatic carbocycles. The number of ketones is 1. The summed E-state index contributed by atoms with van der Waals surface area (Å²) in [4.78, 5) is 37.8. The molecule has 22 nitrogen and oxygen atoms in total. The summed E-state index contributed by atoms with van der Waals surface area (Å²) >= 11 is 0. The average molecular weight is 1030 g/mol. The van der Waals surface area contributed by atoms with Gasteiger partial charge in [-0.05, 0) is 46.5 Å². The highest BCUT2D eigenvalue weighted by atomic mass is 16.8. The standard InChI is InChI=1S/C49H86O22/c1-7-9-10-11-12-15-18-22-30(23-19-16-13-14-17-21-26(3)51)66-48-43(39(59)36(56)31(24-50)67-48)70-49-45(71-47-41(61)38(58)35(55)28(5)64-47)44(69-33(53)20-8-2)42(65-29(6)52)32(68-49)25-62-46-40(60)37(57)34(54)27(4)63-46/h27-28,30-32,34-50,54-61H,7-25H2,1-6H3/t27-,28+,30-,31-,32-,34+,35+,36-,37+,38-,39+,40+,41+,42-,43-,44+,45-,46-,47+,48-,49+/m1/s1. The monoisotopic (exact) mass is 1030 g/mol. The van der Waals surface area contributed by atoms with Gasteiger partial charge in [0.2, 0.25) is 0 Å². The number of carbonyl (C=O) groups is 3. The van der Waals surface area contributed by atoms with E-state index in [-0.39, 0.29) is 12.2 Å². The molecule has 0 bridgehead atoms. The first-order valence-corrected chi connectivity index (χ1v) is 25.9. The van der Waals surface area contributed by atoms with Gasteiger partial charge >= 0.3 is 11.9 Å². The molecule has 4 aliphatic heterocycles. The number of rotatable bonds is 30. The smallest absolute Gasteiger partial charge is 0.306 e. The van der Waals surface area contributed by atoms with Crippen LogP contribution in [0.15, 0.2) is 0 Å². The van der Waals surface area contributed by atoms with Gasteiger partial charge in [0.15, 0.2) is 43.5 Å². The highest BCUT2D eigenvalue weighted by molar-refractivity contribution is 5.75. The minimum Gasteiger partial charge on any atom is -0.456 e. The Bertz CT molecular complexity index is 1540. The van der Waals surface area contributed by atoms with Gasteiger partial charge in [-0.25, -0.2) is 0 Å². The lowest BCUT2D eigenvalue weighted by Crippen LogP contribution is -2.68. The predicted octanol–water partition coefficient (Wildman–Crippen LogP) is 1.08. The van der Waals surface area contributed by atoms with Crippen molar-refractivity contribution in [3.63, 3.8) is 0 Å². The van der Waals surface area contributed by atoms with Crippen LogP contribution in [0.4, 0.5) is 0 Å². The Balaban J connectivity index is 1.74. The molecule has 0 aliphatic carbocycles. The molecular weight excluding hydrogens is 941 g/mol. The Morgan fingerprint density at radius 3 is 1.59 bits per heavy atom. The first-order chi connectivity index (χ1) is 33.8. The number of aliphatic hydroxyl groups excluding tert-OH is 9. The van der Waals surface area contributed by atoms with Gasteiger partial charge in [0, 0.05) is 19.8 Å². The fourth-order valence-electron chi connectivity index (χ4n) is 9.31. The number of ether oxygens (including phenoxy) is 10. The summed E-state index contributed by atoms with van der Waals surface area (Å²) < 4.78 is 61.2. The van der Waals surface area contributed by atoms with E-state index in [1.165, 1.54) is 13.8 Å². The molecule has 4 saturated heterocycles. The number of aliphatic hydroxyl groups is 9. The van der Waals surface area contributed by atoms with Gasteiger partial charge in [0.05, 0.1) is 31.5 Å². The molecule has 4 aliphatic rings. The van der Waals surface area contributed by atoms with E-state index in [1.807, 2.05) is 0 Å². The minimum absolute atomic E-state index is 0.141. The summed E-state index contributed by atoms with van der Waals surface area (Å²) in [5.74, 6) is -1.57. The molecule has 0 saturated carbocycles. The zero-order valence-electron chi connectivity index (χ0n) is 42.4. The van der Waals surface area contributed by atoms with Crippen molar-refractivity contribution < 1.29 is 108 Å². The Labute approximate surface area is 417 Å². The molecule has 4 rings (SSSR count). The Kier molecular flexibility index (Phi) is 26.9. The summed E-state index contributed by atoms with van der Waals surface area (Å²) in [6.07, 6.45) is -19.7. The molecule has 0 aromatic heterocycles. The molecule has 4 heterocycles. The topological polar surface area (TPSA) is 326 Å². The van der Waals surface area contributed by atoms with Crippen LogP contribution in [0.3, 0.4) is 0 Å². The van der Waals surface area contributed by atoms with Crippen molar-refractivity contribution in [3.8, 4) is 0 Å². The number of unbranched alkanes of at least 4 members (excludes halogenated alkanes) is 10. The molecule has 0 aromatic rings. The summed E-state index contributed by atoms with van der Waals surface area (Å²) in [6.45, 7) is 7.97. The molecule has 0 radical (unpaired) electrons. The number of esters is 2. The molecule has 4 fully saturated rings. The van der Waals surface area contributed by atoms with Crippen LogP contribution in [-0.2, 0) is 61.8 Å². The zero-order valence-corrected chi connectivity index (χ0v) is 42.4. The highest BCUT2D eigenvalue weighted by Gasteiger charge is 2.57. The van der Waals surface area contributed by atoms with Crippen molar-refractivity contribution >= 4 is 17.7 Å². The maximum Gasteiger partial charge on any atom is 0.306 e. The van der Waals surface area contributed by atoms with Crippen LogP contribution in [0, 0.1) is 0 Å². The predicted molar refractivity (Wildman–Crippen MR) is 248 cm³/mol. The molecule has 21 atom stereocenters. The lowest BCUT2D eigenvalue weighted by Gasteiger charge is -2.50. The number of hydrogen-bond donors (Lipinski definition) is 9. The SMILES string of the molecule is CCCCCCCCC[C@H](CCCCCCCC(C)=O)O[C@@H]1O[C@H](CO)[C@@H](O)[C@H](O)[C@H]1O[C@@H]1O[C@H](CO[C@@H]2O[C@H](C)[C@H](O)[C@H](O)[C@@H]2O)[C@@H](OC(C)=O)[C@H](OC(=O)CCC)[C@H]1O[C@@H]1O[C@@H](C)[C@H](O)[C@@H](O)[C@@H]1O. The van der Waals surface area contributed by atoms with E-state index in [9.17, 15) is 60.3 Å². The molecule has 414 valence electrons. The van der Waals surface area contributed by atoms with E-state index in [0.717, 1.165) is 84.0 Å². The Morgan fingerprint density at radius 2 is 1.03 bits per heavy atom. The van der Waals surface area contributed by atoms with Crippen LogP contribution in [0.25, 0.3) is 0 Å². The summed E-state index contributed by atoms with van der Waals surface area (Å²) in [6, 6.07) is 0. The molecule has 71 heavy (non-hydrogen) atoms. The highest BCUT2D eigenvalue weighted by Crippen LogP contribution is 2.37. The van der Waals surface area contributed by atoms with Crippen LogP contribution >= 0.6 is 0 Å². The normalized spacial score (nSPS) is 38.1. The van der Waals surface area contributed by atoms with Gasteiger partial charge in [0.25, 0.3) is 0 Å². The van der Waals surface area contributed by atoms with Crippen LogP contribution in [0.5, 0.6) is 0 Å². The fraction of sp³-hybridized carbons (Fsp3) is 0.939. The van der Waals surface area contributed by atoms with Crippen molar-refractivity contribution in [2.45, 2.75) is 280 Å². The van der Waals surface area contributed by atoms with Crippen molar-refractivity contribution in [2.75, 3.05) is 13.2 Å². The van der Waals surface area contributed by atoms with Crippen LogP contribution in [0.1, 0.15) is 151 Å². The van der Waals surface area contributed by atoms with Crippen molar-refractivity contribution in [1.29, 1.82) is 0 Å². The third kappa shape index (κ3) is 18.3. The zero-order chi connectivity index (χ0) is 52.4. The van der Waals surface area contributed by atoms with Crippen molar-refractivity contribution in [1.82, 2.24) is 0 Å². The molecule has 9 N–H and O–H groups in total. The summed E-state index contributed by atoms with van der Waals surface area (Å²) in [7, 11) is 0. The van der Waals surface area contributed by atoms with E-state index in [4.69, 9.17) is 47.4 Å². The quantitative estimate of drug-likeness (QED) is 0.0359. The third-order valence-electron chi connectivity index (χ3n) is 13.6. The van der Waals surface area contributed by atoms with Gasteiger partial charge in [0.1, 0.15) is 72.9 Å². The largest absolute Gasteiger partial charge is 0.456 e. The second-order valence-corrected chi connectivity index (χ2v) is 19.6. The second kappa shape index (κ2) is 31.1. The van der Waals surface area contributed by atoms with Crippen LogP contribution in [0.2, 0.25) is 0 Å². The van der Waals surface area contributed by atoms with Gasteiger partial charge in [-0.15, -0.1) is 0 Å². The third-order valence-corrected chi connectivity index (χ3v) is 13.6. The molecule has 0 amide bonds. The van der Waals surface area contributed by atoms with E-state index >= 15 is 0 Å². The number of hydrogen-bond acceptors (Lipinski definition) is 22. The molecule has 0 spiro atoms. The fourth-order valence-corrected chi connectivity index (χ4v) is 9.31. The van der Waals surface area contributed by atoms with Gasteiger partial charge in [-0.1, -0.05) is 84.5 Å². The first kappa shape index (κ1) is 61.5. The Morgan fingerprint density at radius 1 is 0.493 bits per heavy atom. The Hall–Kier alpha value is -2.07. The van der Waals surface area contributed by atoms with Crippen molar-refractivity contribution in [2.24, 2.45) is 0 Å². The van der Waals surface area contributed by atoms with Crippen LogP contribution < -0.4 is 0 Å². The van der Waals surface area contributed by atoms with Gasteiger partial charge in [-0.3, -0.25) is 9.59 Å².